The highest BCUT2D eigenvalue weighted by Crippen LogP contribution is 2.24. The number of nitrogens with one attached hydrogen (secondary N) is 1. The Labute approximate surface area is 183 Å². The van der Waals surface area contributed by atoms with Crippen molar-refractivity contribution in [1.29, 1.82) is 0 Å². The van der Waals surface area contributed by atoms with Crippen molar-refractivity contribution in [3.63, 3.8) is 0 Å². The van der Waals surface area contributed by atoms with Crippen LogP contribution >= 0.6 is 0 Å². The first-order valence-electron chi connectivity index (χ1n) is 9.55. The summed E-state index contributed by atoms with van der Waals surface area (Å²) in [6.07, 6.45) is 7.60. The van der Waals surface area contributed by atoms with Crippen molar-refractivity contribution >= 4 is 29.2 Å². The van der Waals surface area contributed by atoms with Gasteiger partial charge in [-0.05, 0) is 24.3 Å². The van der Waals surface area contributed by atoms with Crippen LogP contribution < -0.4 is 15.0 Å². The third kappa shape index (κ3) is 4.06. The number of carbonyl (C=O) groups excluding carboxylic acids is 2. The second-order valence-electron chi connectivity index (χ2n) is 6.79. The molecule has 0 saturated heterocycles. The summed E-state index contributed by atoms with van der Waals surface area (Å²) in [6.45, 7) is 0. The maximum absolute atomic E-state index is 13.1. The van der Waals surface area contributed by atoms with E-state index in [2.05, 4.69) is 25.0 Å². The minimum atomic E-state index is -0.599. The number of methoxy groups -OCH3 is 2. The van der Waals surface area contributed by atoms with Gasteiger partial charge in [0, 0.05) is 31.1 Å². The molecule has 4 aromatic rings. The van der Waals surface area contributed by atoms with E-state index in [4.69, 9.17) is 4.74 Å². The fourth-order valence-corrected chi connectivity index (χ4v) is 3.11. The zero-order valence-electron chi connectivity index (χ0n) is 17.6. The number of aromatic nitrogens is 4. The Kier molecular flexibility index (Phi) is 5.67. The highest BCUT2D eigenvalue weighted by molar-refractivity contribution is 6.05. The SMILES string of the molecule is COC(=O)Nc1ccc(-c2cnc3ccc(C(=O)N(C)c4cncc(OC)c4)cn23)cn1. The molecule has 0 saturated carbocycles. The van der Waals surface area contributed by atoms with Crippen molar-refractivity contribution in [2.75, 3.05) is 31.5 Å². The van der Waals surface area contributed by atoms with Gasteiger partial charge in [0.15, 0.2) is 0 Å². The summed E-state index contributed by atoms with van der Waals surface area (Å²) in [7, 11) is 4.50. The van der Waals surface area contributed by atoms with Crippen LogP contribution in [0.5, 0.6) is 5.75 Å². The van der Waals surface area contributed by atoms with E-state index >= 15 is 0 Å². The Bertz CT molecular complexity index is 1290. The number of hydrogen-bond acceptors (Lipinski definition) is 7. The maximum atomic E-state index is 13.1. The molecule has 4 aromatic heterocycles. The van der Waals surface area contributed by atoms with E-state index in [1.165, 1.54) is 12.0 Å². The van der Waals surface area contributed by atoms with Gasteiger partial charge in [0.2, 0.25) is 0 Å². The van der Waals surface area contributed by atoms with Crippen molar-refractivity contribution in [2.45, 2.75) is 0 Å². The molecule has 32 heavy (non-hydrogen) atoms. The normalized spacial score (nSPS) is 10.6. The quantitative estimate of drug-likeness (QED) is 0.515. The molecule has 0 aliphatic rings. The second-order valence-corrected chi connectivity index (χ2v) is 6.79. The van der Waals surface area contributed by atoms with Gasteiger partial charge in [-0.2, -0.15) is 0 Å². The zero-order valence-corrected chi connectivity index (χ0v) is 17.6. The molecule has 4 rings (SSSR count). The molecule has 4 heterocycles. The van der Waals surface area contributed by atoms with Crippen LogP contribution in [0.25, 0.3) is 16.9 Å². The number of anilines is 2. The van der Waals surface area contributed by atoms with Gasteiger partial charge < -0.3 is 14.4 Å². The number of nitrogens with zero attached hydrogens (tertiary/aromatic N) is 5. The van der Waals surface area contributed by atoms with Crippen molar-refractivity contribution in [3.05, 3.63) is 66.9 Å². The third-order valence-corrected chi connectivity index (χ3v) is 4.85. The van der Waals surface area contributed by atoms with Crippen LogP contribution in [0.15, 0.2) is 61.3 Å². The molecule has 2 amide bonds. The molecule has 0 aliphatic carbocycles. The summed E-state index contributed by atoms with van der Waals surface area (Å²) < 4.78 is 11.6. The summed E-state index contributed by atoms with van der Waals surface area (Å²) in [5.41, 5.74) is 3.27. The molecule has 10 nitrogen and oxygen atoms in total. The molecule has 0 atom stereocenters. The first kappa shape index (κ1) is 20.8. The van der Waals surface area contributed by atoms with Crippen LogP contribution in [0.4, 0.5) is 16.3 Å². The second kappa shape index (κ2) is 8.72. The molecule has 0 bridgehead atoms. The average molecular weight is 432 g/mol. The van der Waals surface area contributed by atoms with Gasteiger partial charge in [0.25, 0.3) is 5.91 Å². The van der Waals surface area contributed by atoms with E-state index in [1.807, 2.05) is 4.40 Å². The fraction of sp³-hybridized carbons (Fsp3) is 0.136. The average Bonchev–Trinajstić information content (AvgIpc) is 3.26. The van der Waals surface area contributed by atoms with E-state index in [-0.39, 0.29) is 5.91 Å². The maximum Gasteiger partial charge on any atom is 0.412 e. The lowest BCUT2D eigenvalue weighted by Gasteiger charge is -2.18. The number of rotatable bonds is 5. The Morgan fingerprint density at radius 2 is 1.88 bits per heavy atom. The van der Waals surface area contributed by atoms with E-state index in [0.29, 0.717) is 28.5 Å². The van der Waals surface area contributed by atoms with Crippen LogP contribution in [0.1, 0.15) is 10.4 Å². The number of imidazole rings is 1. The minimum Gasteiger partial charge on any atom is -0.495 e. The largest absolute Gasteiger partial charge is 0.495 e. The number of amides is 2. The van der Waals surface area contributed by atoms with E-state index < -0.39 is 6.09 Å². The first-order chi connectivity index (χ1) is 15.5. The molecule has 10 heteroatoms. The van der Waals surface area contributed by atoms with Gasteiger partial charge in [0.05, 0.1) is 49.8 Å². The predicted molar refractivity (Wildman–Crippen MR) is 118 cm³/mol. The molecule has 162 valence electrons. The Morgan fingerprint density at radius 1 is 1.03 bits per heavy atom. The summed E-state index contributed by atoms with van der Waals surface area (Å²) in [4.78, 5) is 38.7. The Morgan fingerprint density at radius 3 is 2.59 bits per heavy atom. The summed E-state index contributed by atoms with van der Waals surface area (Å²) in [5, 5.41) is 2.50. The highest BCUT2D eigenvalue weighted by Gasteiger charge is 2.17. The van der Waals surface area contributed by atoms with E-state index in [0.717, 1.165) is 11.3 Å². The molecule has 0 spiro atoms. The fourth-order valence-electron chi connectivity index (χ4n) is 3.11. The molecule has 0 unspecified atom stereocenters. The summed E-state index contributed by atoms with van der Waals surface area (Å²) in [5.74, 6) is 0.711. The van der Waals surface area contributed by atoms with Gasteiger partial charge in [-0.3, -0.25) is 19.5 Å². The molecular weight excluding hydrogens is 412 g/mol. The minimum absolute atomic E-state index is 0.211. The van der Waals surface area contributed by atoms with Crippen LogP contribution in [0.2, 0.25) is 0 Å². The van der Waals surface area contributed by atoms with E-state index in [1.54, 1.807) is 75.5 Å². The van der Waals surface area contributed by atoms with Gasteiger partial charge in [-0.1, -0.05) is 0 Å². The summed E-state index contributed by atoms with van der Waals surface area (Å²) >= 11 is 0. The summed E-state index contributed by atoms with van der Waals surface area (Å²) in [6, 6.07) is 8.69. The first-order valence-corrected chi connectivity index (χ1v) is 9.55. The number of hydrogen-bond donors (Lipinski definition) is 1. The van der Waals surface area contributed by atoms with Gasteiger partial charge in [-0.25, -0.2) is 14.8 Å². The van der Waals surface area contributed by atoms with Crippen molar-refractivity contribution < 1.29 is 19.1 Å². The van der Waals surface area contributed by atoms with Crippen LogP contribution in [0, 0.1) is 0 Å². The van der Waals surface area contributed by atoms with Gasteiger partial charge in [0.1, 0.15) is 17.2 Å². The zero-order chi connectivity index (χ0) is 22.7. The smallest absolute Gasteiger partial charge is 0.412 e. The molecular formula is C22H20N6O4. The van der Waals surface area contributed by atoms with Crippen molar-refractivity contribution in [1.82, 2.24) is 19.4 Å². The predicted octanol–water partition coefficient (Wildman–Crippen LogP) is 3.25. The number of pyridine rings is 3. The standard InChI is InChI=1S/C22H20N6O4/c1-27(16-8-17(31-2)11-23-10-16)21(29)15-5-7-20-25-12-18(28(20)13-15)14-4-6-19(24-9-14)26-22(30)32-3/h4-13H,1-3H3,(H,24,26,30). The lowest BCUT2D eigenvalue weighted by molar-refractivity contribution is 0.0992. The van der Waals surface area contributed by atoms with Crippen molar-refractivity contribution in [3.8, 4) is 17.0 Å². The van der Waals surface area contributed by atoms with Crippen molar-refractivity contribution in [2.24, 2.45) is 0 Å². The van der Waals surface area contributed by atoms with Crippen LogP contribution in [-0.2, 0) is 4.74 Å². The van der Waals surface area contributed by atoms with Gasteiger partial charge >= 0.3 is 6.09 Å². The molecule has 0 aromatic carbocycles. The monoisotopic (exact) mass is 432 g/mol. The molecule has 0 fully saturated rings. The molecule has 1 N–H and O–H groups in total. The number of carbonyl (C=O) groups is 2. The Balaban J connectivity index is 1.64. The van der Waals surface area contributed by atoms with Crippen LogP contribution in [0.3, 0.4) is 0 Å². The molecule has 0 radical (unpaired) electrons. The van der Waals surface area contributed by atoms with Crippen LogP contribution in [-0.4, -0.2) is 52.6 Å². The third-order valence-electron chi connectivity index (χ3n) is 4.85. The lowest BCUT2D eigenvalue weighted by atomic mass is 10.2. The highest BCUT2D eigenvalue weighted by atomic mass is 16.5. The van der Waals surface area contributed by atoms with Gasteiger partial charge in [-0.15, -0.1) is 0 Å². The number of ether oxygens (including phenoxy) is 2. The number of fused-ring (bicyclic) bond motifs is 1. The topological polar surface area (TPSA) is 111 Å². The lowest BCUT2D eigenvalue weighted by Crippen LogP contribution is -2.26. The molecule has 0 aliphatic heterocycles. The Hall–Kier alpha value is -4.47. The van der Waals surface area contributed by atoms with E-state index in [9.17, 15) is 9.59 Å².